The van der Waals surface area contributed by atoms with Crippen LogP contribution in [0.4, 0.5) is 0 Å². The first-order chi connectivity index (χ1) is 10.8. The van der Waals surface area contributed by atoms with Gasteiger partial charge < -0.3 is 14.0 Å². The van der Waals surface area contributed by atoms with E-state index in [0.29, 0.717) is 28.2 Å². The molecule has 0 aliphatic carbocycles. The second-order valence-electron chi connectivity index (χ2n) is 4.46. The molecule has 0 aliphatic heterocycles. The van der Waals surface area contributed by atoms with Crippen LogP contribution in [0.2, 0.25) is 5.02 Å². The van der Waals surface area contributed by atoms with E-state index in [1.165, 1.54) is 0 Å². The average molecular weight is 317 g/mol. The Kier molecular flexibility index (Phi) is 4.25. The Morgan fingerprint density at radius 2 is 2.00 bits per heavy atom. The first-order valence-corrected chi connectivity index (χ1v) is 6.98. The maximum Gasteiger partial charge on any atom is 0.264 e. The van der Waals surface area contributed by atoms with E-state index >= 15 is 0 Å². The molecule has 0 amide bonds. The fraction of sp³-hybridized carbons (Fsp3) is 0.125. The largest absolute Gasteiger partial charge is 0.496 e. The fourth-order valence-corrected chi connectivity index (χ4v) is 2.13. The van der Waals surface area contributed by atoms with Crippen molar-refractivity contribution in [3.8, 4) is 22.9 Å². The van der Waals surface area contributed by atoms with E-state index in [4.69, 9.17) is 25.6 Å². The minimum atomic E-state index is 0.169. The highest BCUT2D eigenvalue weighted by Gasteiger charge is 2.13. The average Bonchev–Trinajstić information content (AvgIpc) is 3.02. The standard InChI is InChI=1S/C16H13ClN2O3/c1-20-14-8-3-2-7-13(14)16-18-15(22-19-16)10-21-12-6-4-5-11(17)9-12/h2-9H,10H2,1H3. The smallest absolute Gasteiger partial charge is 0.264 e. The minimum absolute atomic E-state index is 0.169. The normalized spacial score (nSPS) is 10.5. The number of hydrogen-bond donors (Lipinski definition) is 0. The number of nitrogens with zero attached hydrogens (tertiary/aromatic N) is 2. The third-order valence-electron chi connectivity index (χ3n) is 2.97. The number of methoxy groups -OCH3 is 1. The van der Waals surface area contributed by atoms with Gasteiger partial charge in [-0.05, 0) is 30.3 Å². The SMILES string of the molecule is COc1ccccc1-c1noc(COc2cccc(Cl)c2)n1. The van der Waals surface area contributed by atoms with Crippen LogP contribution in [0, 0.1) is 0 Å². The molecule has 0 fully saturated rings. The van der Waals surface area contributed by atoms with Crippen LogP contribution in [-0.2, 0) is 6.61 Å². The van der Waals surface area contributed by atoms with Crippen LogP contribution in [0.5, 0.6) is 11.5 Å². The Bertz CT molecular complexity index is 773. The zero-order valence-corrected chi connectivity index (χ0v) is 12.6. The fourth-order valence-electron chi connectivity index (χ4n) is 1.95. The van der Waals surface area contributed by atoms with Gasteiger partial charge in [-0.3, -0.25) is 0 Å². The summed E-state index contributed by atoms with van der Waals surface area (Å²) in [6.07, 6.45) is 0. The van der Waals surface area contributed by atoms with E-state index in [2.05, 4.69) is 10.1 Å². The highest BCUT2D eigenvalue weighted by atomic mass is 35.5. The van der Waals surface area contributed by atoms with E-state index in [-0.39, 0.29) is 6.61 Å². The predicted octanol–water partition coefficient (Wildman–Crippen LogP) is 3.98. The van der Waals surface area contributed by atoms with Gasteiger partial charge in [0.05, 0.1) is 12.7 Å². The number of halogens is 1. The Morgan fingerprint density at radius 3 is 2.82 bits per heavy atom. The van der Waals surface area contributed by atoms with Crippen LogP contribution >= 0.6 is 11.6 Å². The van der Waals surface area contributed by atoms with Crippen molar-refractivity contribution in [2.24, 2.45) is 0 Å². The second-order valence-corrected chi connectivity index (χ2v) is 4.89. The van der Waals surface area contributed by atoms with Crippen molar-refractivity contribution >= 4 is 11.6 Å². The van der Waals surface area contributed by atoms with Crippen molar-refractivity contribution in [3.63, 3.8) is 0 Å². The Hall–Kier alpha value is -2.53. The molecule has 0 bridgehead atoms. The van der Waals surface area contributed by atoms with Crippen molar-refractivity contribution in [1.29, 1.82) is 0 Å². The van der Waals surface area contributed by atoms with Gasteiger partial charge in [-0.1, -0.05) is 35.0 Å². The molecule has 112 valence electrons. The summed E-state index contributed by atoms with van der Waals surface area (Å²) in [5.74, 6) is 2.16. The lowest BCUT2D eigenvalue weighted by Crippen LogP contribution is -1.95. The van der Waals surface area contributed by atoms with E-state index in [1.807, 2.05) is 36.4 Å². The second kappa shape index (κ2) is 6.49. The lowest BCUT2D eigenvalue weighted by atomic mass is 10.2. The third kappa shape index (κ3) is 3.20. The number of ether oxygens (including phenoxy) is 2. The van der Waals surface area contributed by atoms with Gasteiger partial charge >= 0.3 is 0 Å². The zero-order chi connectivity index (χ0) is 15.4. The summed E-state index contributed by atoms with van der Waals surface area (Å²) < 4.78 is 16.0. The summed E-state index contributed by atoms with van der Waals surface area (Å²) in [4.78, 5) is 4.31. The summed E-state index contributed by atoms with van der Waals surface area (Å²) in [5, 5.41) is 4.56. The van der Waals surface area contributed by atoms with Gasteiger partial charge in [-0.25, -0.2) is 0 Å². The number of aromatic nitrogens is 2. The molecule has 1 aromatic heterocycles. The van der Waals surface area contributed by atoms with E-state index in [9.17, 15) is 0 Å². The number of benzene rings is 2. The van der Waals surface area contributed by atoms with Crippen molar-refractivity contribution in [3.05, 3.63) is 59.4 Å². The van der Waals surface area contributed by atoms with Gasteiger partial charge in [-0.15, -0.1) is 0 Å². The van der Waals surface area contributed by atoms with Gasteiger partial charge in [0.2, 0.25) is 5.82 Å². The van der Waals surface area contributed by atoms with Crippen molar-refractivity contribution in [2.45, 2.75) is 6.61 Å². The lowest BCUT2D eigenvalue weighted by Gasteiger charge is -2.03. The van der Waals surface area contributed by atoms with Gasteiger partial charge in [0.15, 0.2) is 6.61 Å². The molecule has 0 unspecified atom stereocenters. The third-order valence-corrected chi connectivity index (χ3v) is 3.21. The molecule has 22 heavy (non-hydrogen) atoms. The molecular formula is C16H13ClN2O3. The van der Waals surface area contributed by atoms with Crippen LogP contribution in [0.25, 0.3) is 11.4 Å². The first kappa shape index (κ1) is 14.4. The summed E-state index contributed by atoms with van der Waals surface area (Å²) >= 11 is 5.90. The summed E-state index contributed by atoms with van der Waals surface area (Å²) in [6.45, 7) is 0.169. The van der Waals surface area contributed by atoms with Crippen LogP contribution in [0.15, 0.2) is 53.1 Å². The van der Waals surface area contributed by atoms with Crippen LogP contribution < -0.4 is 9.47 Å². The Labute approximate surface area is 132 Å². The Morgan fingerprint density at radius 1 is 1.14 bits per heavy atom. The molecule has 0 saturated carbocycles. The van der Waals surface area contributed by atoms with Gasteiger partial charge in [0.25, 0.3) is 5.89 Å². The zero-order valence-electron chi connectivity index (χ0n) is 11.8. The summed E-state index contributed by atoms with van der Waals surface area (Å²) in [6, 6.07) is 14.6. The molecule has 2 aromatic carbocycles. The molecule has 0 radical (unpaired) electrons. The van der Waals surface area contributed by atoms with Gasteiger partial charge in [-0.2, -0.15) is 4.98 Å². The molecule has 1 heterocycles. The van der Waals surface area contributed by atoms with Gasteiger partial charge in [0.1, 0.15) is 11.5 Å². The van der Waals surface area contributed by atoms with Crippen molar-refractivity contribution < 1.29 is 14.0 Å². The first-order valence-electron chi connectivity index (χ1n) is 6.60. The van der Waals surface area contributed by atoms with Crippen molar-refractivity contribution in [2.75, 3.05) is 7.11 Å². The van der Waals surface area contributed by atoms with Gasteiger partial charge in [0, 0.05) is 5.02 Å². The molecule has 0 spiro atoms. The highest BCUT2D eigenvalue weighted by Crippen LogP contribution is 2.27. The van der Waals surface area contributed by atoms with E-state index in [0.717, 1.165) is 5.56 Å². The molecule has 6 heteroatoms. The van der Waals surface area contributed by atoms with E-state index < -0.39 is 0 Å². The quantitative estimate of drug-likeness (QED) is 0.712. The number of rotatable bonds is 5. The molecule has 3 aromatic rings. The maximum atomic E-state index is 5.90. The van der Waals surface area contributed by atoms with Crippen LogP contribution in [-0.4, -0.2) is 17.3 Å². The van der Waals surface area contributed by atoms with Crippen LogP contribution in [0.3, 0.4) is 0 Å². The predicted molar refractivity (Wildman–Crippen MR) is 82.1 cm³/mol. The molecule has 0 N–H and O–H groups in total. The molecule has 0 saturated heterocycles. The van der Waals surface area contributed by atoms with E-state index in [1.54, 1.807) is 19.2 Å². The highest BCUT2D eigenvalue weighted by molar-refractivity contribution is 6.30. The minimum Gasteiger partial charge on any atom is -0.496 e. The lowest BCUT2D eigenvalue weighted by molar-refractivity contribution is 0.243. The maximum absolute atomic E-state index is 5.90. The molecule has 0 atom stereocenters. The number of para-hydroxylation sites is 1. The number of hydrogen-bond acceptors (Lipinski definition) is 5. The van der Waals surface area contributed by atoms with Crippen LogP contribution in [0.1, 0.15) is 5.89 Å². The summed E-state index contributed by atoms with van der Waals surface area (Å²) in [7, 11) is 1.60. The molecule has 5 nitrogen and oxygen atoms in total. The molecular weight excluding hydrogens is 304 g/mol. The van der Waals surface area contributed by atoms with Crippen molar-refractivity contribution in [1.82, 2.24) is 10.1 Å². The topological polar surface area (TPSA) is 57.4 Å². The molecule has 3 rings (SSSR count). The Balaban J connectivity index is 1.74. The summed E-state index contributed by atoms with van der Waals surface area (Å²) in [5.41, 5.74) is 0.766. The molecule has 0 aliphatic rings. The monoisotopic (exact) mass is 316 g/mol.